The minimum absolute atomic E-state index is 0.270. The van der Waals surface area contributed by atoms with Crippen LogP contribution < -0.4 is 5.73 Å². The summed E-state index contributed by atoms with van der Waals surface area (Å²) in [6.45, 7) is 2.71. The van der Waals surface area contributed by atoms with E-state index in [1.807, 2.05) is 0 Å². The van der Waals surface area contributed by atoms with E-state index >= 15 is 0 Å². The van der Waals surface area contributed by atoms with Gasteiger partial charge in [-0.1, -0.05) is 29.5 Å². The largest absolute Gasteiger partial charge is 0.367 e. The quantitative estimate of drug-likeness (QED) is 0.579. The minimum Gasteiger partial charge on any atom is -0.367 e. The number of alkyl halides is 1. The van der Waals surface area contributed by atoms with Crippen LogP contribution in [0.4, 0.5) is 0 Å². The molecule has 3 heteroatoms. The summed E-state index contributed by atoms with van der Waals surface area (Å²) in [5, 5.41) is 0. The van der Waals surface area contributed by atoms with Gasteiger partial charge in [0.2, 0.25) is 0 Å². The van der Waals surface area contributed by atoms with Crippen LogP contribution in [0.3, 0.4) is 0 Å². The van der Waals surface area contributed by atoms with E-state index in [1.165, 1.54) is 0 Å². The maximum absolute atomic E-state index is 5.34. The van der Waals surface area contributed by atoms with Gasteiger partial charge in [-0.05, 0) is 6.42 Å². The van der Waals surface area contributed by atoms with E-state index in [2.05, 4.69) is 29.5 Å². The first-order valence-corrected chi connectivity index (χ1v) is 4.25. The first-order valence-electron chi connectivity index (χ1n) is 2.72. The number of ether oxygens (including phenoxy) is 1. The monoisotopic (exact) mass is 229 g/mol. The summed E-state index contributed by atoms with van der Waals surface area (Å²) in [6, 6.07) is 0. The highest BCUT2D eigenvalue weighted by Crippen LogP contribution is 1.96. The van der Waals surface area contributed by atoms with E-state index in [1.54, 1.807) is 0 Å². The lowest BCUT2D eigenvalue weighted by atomic mass is 10.3. The van der Waals surface area contributed by atoms with Gasteiger partial charge in [-0.25, -0.2) is 0 Å². The zero-order valence-corrected chi connectivity index (χ0v) is 7.22. The summed E-state index contributed by atoms with van der Waals surface area (Å²) in [5.41, 5.74) is 5.34. The number of nitrogens with two attached hydrogens (primary N) is 1. The number of rotatable bonds is 4. The molecule has 0 heterocycles. The Bertz CT molecular complexity index is 47.7. The predicted octanol–water partition coefficient (Wildman–Crippen LogP) is 1.13. The van der Waals surface area contributed by atoms with Crippen LogP contribution in [-0.2, 0) is 4.74 Å². The highest BCUT2D eigenvalue weighted by molar-refractivity contribution is 14.1. The fourth-order valence-corrected chi connectivity index (χ4v) is 0.950. The lowest BCUT2D eigenvalue weighted by Gasteiger charge is -2.09. The van der Waals surface area contributed by atoms with Gasteiger partial charge < -0.3 is 10.5 Å². The molecule has 0 bridgehead atoms. The summed E-state index contributed by atoms with van der Waals surface area (Å²) in [4.78, 5) is 0. The highest BCUT2D eigenvalue weighted by atomic mass is 127. The molecule has 1 atom stereocenters. The van der Waals surface area contributed by atoms with E-state index in [-0.39, 0.29) is 6.10 Å². The summed E-state index contributed by atoms with van der Waals surface area (Å²) in [5.74, 6) is 0. The normalized spacial score (nSPS) is 13.9. The Kier molecular flexibility index (Phi) is 6.25. The van der Waals surface area contributed by atoms with Gasteiger partial charge in [-0.2, -0.15) is 0 Å². The van der Waals surface area contributed by atoms with Crippen molar-refractivity contribution < 1.29 is 4.74 Å². The number of hydrogen-bond donors (Lipinski definition) is 1. The Balaban J connectivity index is 3.07. The lowest BCUT2D eigenvalue weighted by Crippen LogP contribution is -2.21. The van der Waals surface area contributed by atoms with Crippen LogP contribution in [0.1, 0.15) is 13.3 Å². The molecule has 0 saturated carbocycles. The number of halogens is 1. The molecule has 0 aromatic carbocycles. The fraction of sp³-hybridized carbons (Fsp3) is 1.00. The molecule has 0 spiro atoms. The second-order valence-electron chi connectivity index (χ2n) is 1.54. The van der Waals surface area contributed by atoms with Crippen LogP contribution in [-0.4, -0.2) is 17.3 Å². The molecule has 0 aliphatic heterocycles. The fourth-order valence-electron chi connectivity index (χ4n) is 0.442. The molecule has 8 heavy (non-hydrogen) atoms. The lowest BCUT2D eigenvalue weighted by molar-refractivity contribution is 0.100. The zero-order chi connectivity index (χ0) is 6.41. The van der Waals surface area contributed by atoms with Gasteiger partial charge in [-0.3, -0.25) is 0 Å². The van der Waals surface area contributed by atoms with Crippen molar-refractivity contribution in [2.24, 2.45) is 5.73 Å². The van der Waals surface area contributed by atoms with Crippen LogP contribution >= 0.6 is 22.6 Å². The maximum Gasteiger partial charge on any atom is 0.0983 e. The average Bonchev–Trinajstić information content (AvgIpc) is 1.83. The Labute approximate surface area is 63.9 Å². The third kappa shape index (κ3) is 3.63. The van der Waals surface area contributed by atoms with Crippen LogP contribution in [0.5, 0.6) is 0 Å². The first-order chi connectivity index (χ1) is 3.85. The van der Waals surface area contributed by atoms with Crippen molar-refractivity contribution in [1.82, 2.24) is 0 Å². The van der Waals surface area contributed by atoms with Crippen LogP contribution in [0.25, 0.3) is 0 Å². The van der Waals surface area contributed by atoms with E-state index in [9.17, 15) is 0 Å². The zero-order valence-electron chi connectivity index (χ0n) is 5.06. The SMILES string of the molecule is CCC(CN)OCI. The third-order valence-electron chi connectivity index (χ3n) is 1.02. The van der Waals surface area contributed by atoms with Crippen LogP contribution in [0, 0.1) is 0 Å². The molecular weight excluding hydrogens is 217 g/mol. The molecule has 50 valence electrons. The summed E-state index contributed by atoms with van der Waals surface area (Å²) < 4.78 is 5.95. The van der Waals surface area contributed by atoms with Gasteiger partial charge in [0.05, 0.1) is 10.7 Å². The summed E-state index contributed by atoms with van der Waals surface area (Å²) in [7, 11) is 0. The van der Waals surface area contributed by atoms with Gasteiger partial charge in [0, 0.05) is 6.54 Å². The van der Waals surface area contributed by atoms with Crippen molar-refractivity contribution in [2.75, 3.05) is 11.2 Å². The summed E-state index contributed by atoms with van der Waals surface area (Å²) in [6.07, 6.45) is 1.28. The Morgan fingerprint density at radius 2 is 2.38 bits per heavy atom. The Morgan fingerprint density at radius 3 is 2.50 bits per heavy atom. The standard InChI is InChI=1S/C5H12INO/c1-2-5(3-7)8-4-6/h5H,2-4,7H2,1H3. The van der Waals surface area contributed by atoms with Crippen molar-refractivity contribution in [3.8, 4) is 0 Å². The van der Waals surface area contributed by atoms with Gasteiger partial charge in [0.15, 0.2) is 0 Å². The topological polar surface area (TPSA) is 35.2 Å². The van der Waals surface area contributed by atoms with Crippen molar-refractivity contribution >= 4 is 22.6 Å². The molecular formula is C5H12INO. The summed E-state index contributed by atoms with van der Waals surface area (Å²) >= 11 is 2.17. The number of hydrogen-bond acceptors (Lipinski definition) is 2. The molecule has 2 nitrogen and oxygen atoms in total. The second-order valence-corrected chi connectivity index (χ2v) is 2.16. The molecule has 0 aromatic rings. The van der Waals surface area contributed by atoms with E-state index < -0.39 is 0 Å². The average molecular weight is 229 g/mol. The van der Waals surface area contributed by atoms with Gasteiger partial charge in [0.25, 0.3) is 0 Å². The Morgan fingerprint density at radius 1 is 1.75 bits per heavy atom. The molecule has 0 aliphatic rings. The van der Waals surface area contributed by atoms with E-state index in [0.29, 0.717) is 6.54 Å². The van der Waals surface area contributed by atoms with E-state index in [4.69, 9.17) is 10.5 Å². The van der Waals surface area contributed by atoms with Crippen molar-refractivity contribution in [3.63, 3.8) is 0 Å². The molecule has 0 saturated heterocycles. The van der Waals surface area contributed by atoms with Crippen molar-refractivity contribution in [2.45, 2.75) is 19.4 Å². The smallest absolute Gasteiger partial charge is 0.0983 e. The van der Waals surface area contributed by atoms with Crippen LogP contribution in [0.2, 0.25) is 0 Å². The molecule has 1 unspecified atom stereocenters. The van der Waals surface area contributed by atoms with Gasteiger partial charge in [-0.15, -0.1) is 0 Å². The van der Waals surface area contributed by atoms with E-state index in [0.717, 1.165) is 11.0 Å². The van der Waals surface area contributed by atoms with Gasteiger partial charge in [0.1, 0.15) is 0 Å². The first kappa shape index (κ1) is 8.65. The maximum atomic E-state index is 5.34. The molecule has 2 N–H and O–H groups in total. The van der Waals surface area contributed by atoms with Crippen LogP contribution in [0.15, 0.2) is 0 Å². The Hall–Kier alpha value is 0.650. The second kappa shape index (κ2) is 5.78. The molecule has 0 rings (SSSR count). The molecule has 0 aromatic heterocycles. The molecule has 0 aliphatic carbocycles. The minimum atomic E-state index is 0.270. The van der Waals surface area contributed by atoms with Crippen molar-refractivity contribution in [1.29, 1.82) is 0 Å². The van der Waals surface area contributed by atoms with Gasteiger partial charge >= 0.3 is 0 Å². The molecule has 0 fully saturated rings. The molecule has 0 amide bonds. The van der Waals surface area contributed by atoms with Crippen molar-refractivity contribution in [3.05, 3.63) is 0 Å². The third-order valence-corrected chi connectivity index (χ3v) is 1.38. The molecule has 0 radical (unpaired) electrons. The highest BCUT2D eigenvalue weighted by Gasteiger charge is 1.99. The predicted molar refractivity (Wildman–Crippen MR) is 43.1 cm³/mol.